The SMILES string of the molecule is CS(=O)(=O)NC1CCN(Cc2nccc3c2CCCC3)CC1. The van der Waals surface area contributed by atoms with Crippen molar-refractivity contribution in [2.24, 2.45) is 0 Å². The minimum atomic E-state index is -3.09. The van der Waals surface area contributed by atoms with E-state index >= 15 is 0 Å². The van der Waals surface area contributed by atoms with Crippen molar-refractivity contribution in [2.75, 3.05) is 19.3 Å². The normalized spacial score (nSPS) is 20.8. The molecule has 22 heavy (non-hydrogen) atoms. The van der Waals surface area contributed by atoms with Gasteiger partial charge in [-0.15, -0.1) is 0 Å². The van der Waals surface area contributed by atoms with Gasteiger partial charge in [-0.1, -0.05) is 0 Å². The molecule has 6 heteroatoms. The highest BCUT2D eigenvalue weighted by Gasteiger charge is 2.23. The Morgan fingerprint density at radius 1 is 1.27 bits per heavy atom. The third kappa shape index (κ3) is 4.06. The van der Waals surface area contributed by atoms with Crippen molar-refractivity contribution in [1.82, 2.24) is 14.6 Å². The predicted octanol–water partition coefficient (Wildman–Crippen LogP) is 1.47. The van der Waals surface area contributed by atoms with E-state index in [0.29, 0.717) is 0 Å². The number of sulfonamides is 1. The second-order valence-electron chi connectivity index (χ2n) is 6.54. The molecule has 1 fully saturated rings. The summed E-state index contributed by atoms with van der Waals surface area (Å²) in [6.07, 6.45) is 9.84. The molecule has 1 aromatic rings. The standard InChI is InChI=1S/C16H25N3O2S/c1-22(20,21)18-14-7-10-19(11-8-14)12-16-15-5-3-2-4-13(15)6-9-17-16/h6,9,14,18H,2-5,7-8,10-12H2,1H3. The Kier molecular flexibility index (Phi) is 4.80. The zero-order chi connectivity index (χ0) is 15.6. The van der Waals surface area contributed by atoms with Crippen LogP contribution >= 0.6 is 0 Å². The van der Waals surface area contributed by atoms with Crippen LogP contribution in [0.15, 0.2) is 12.3 Å². The number of piperidine rings is 1. The van der Waals surface area contributed by atoms with E-state index in [9.17, 15) is 8.42 Å². The molecule has 1 aliphatic heterocycles. The molecule has 2 heterocycles. The van der Waals surface area contributed by atoms with Crippen molar-refractivity contribution in [3.05, 3.63) is 29.1 Å². The van der Waals surface area contributed by atoms with Gasteiger partial charge in [-0.25, -0.2) is 13.1 Å². The van der Waals surface area contributed by atoms with E-state index in [0.717, 1.165) is 38.9 Å². The molecule has 2 aliphatic rings. The van der Waals surface area contributed by atoms with E-state index in [4.69, 9.17) is 0 Å². The van der Waals surface area contributed by atoms with Crippen LogP contribution in [0.5, 0.6) is 0 Å². The molecule has 5 nitrogen and oxygen atoms in total. The average molecular weight is 323 g/mol. The summed E-state index contributed by atoms with van der Waals surface area (Å²) in [6, 6.07) is 2.25. The average Bonchev–Trinajstić information content (AvgIpc) is 2.48. The van der Waals surface area contributed by atoms with Crippen LogP contribution in [0, 0.1) is 0 Å². The quantitative estimate of drug-likeness (QED) is 0.911. The predicted molar refractivity (Wildman–Crippen MR) is 87.2 cm³/mol. The van der Waals surface area contributed by atoms with Crippen molar-refractivity contribution >= 4 is 10.0 Å². The zero-order valence-electron chi connectivity index (χ0n) is 13.2. The van der Waals surface area contributed by atoms with Crippen molar-refractivity contribution in [3.63, 3.8) is 0 Å². The van der Waals surface area contributed by atoms with Crippen LogP contribution in [-0.4, -0.2) is 43.7 Å². The lowest BCUT2D eigenvalue weighted by molar-refractivity contribution is 0.197. The molecule has 1 saturated heterocycles. The third-order valence-corrected chi connectivity index (χ3v) is 5.47. The molecule has 0 spiro atoms. The molecule has 0 aromatic carbocycles. The van der Waals surface area contributed by atoms with E-state index < -0.39 is 10.0 Å². The second kappa shape index (κ2) is 6.64. The molecule has 0 amide bonds. The van der Waals surface area contributed by atoms with Crippen LogP contribution in [0.2, 0.25) is 0 Å². The zero-order valence-corrected chi connectivity index (χ0v) is 14.0. The number of fused-ring (bicyclic) bond motifs is 1. The first-order valence-corrected chi connectivity index (χ1v) is 10.1. The van der Waals surface area contributed by atoms with Crippen LogP contribution in [0.25, 0.3) is 0 Å². The van der Waals surface area contributed by atoms with Crippen LogP contribution < -0.4 is 4.72 Å². The van der Waals surface area contributed by atoms with Crippen molar-refractivity contribution in [1.29, 1.82) is 0 Å². The van der Waals surface area contributed by atoms with Gasteiger partial charge in [-0.05, 0) is 55.7 Å². The Balaban J connectivity index is 1.59. The fourth-order valence-electron chi connectivity index (χ4n) is 3.60. The number of hydrogen-bond acceptors (Lipinski definition) is 4. The van der Waals surface area contributed by atoms with Gasteiger partial charge in [-0.3, -0.25) is 9.88 Å². The first kappa shape index (κ1) is 15.9. The van der Waals surface area contributed by atoms with Gasteiger partial charge in [0.1, 0.15) is 0 Å². The highest BCUT2D eigenvalue weighted by atomic mass is 32.2. The number of hydrogen-bond donors (Lipinski definition) is 1. The lowest BCUT2D eigenvalue weighted by Gasteiger charge is -2.32. The van der Waals surface area contributed by atoms with Crippen LogP contribution in [0.1, 0.15) is 42.5 Å². The summed E-state index contributed by atoms with van der Waals surface area (Å²) >= 11 is 0. The van der Waals surface area contributed by atoms with E-state index in [-0.39, 0.29) is 6.04 Å². The summed E-state index contributed by atoms with van der Waals surface area (Å²) in [5, 5.41) is 0. The maximum atomic E-state index is 11.3. The summed E-state index contributed by atoms with van der Waals surface area (Å²) in [6.45, 7) is 2.76. The first-order valence-electron chi connectivity index (χ1n) is 8.16. The third-order valence-electron chi connectivity index (χ3n) is 4.71. The van der Waals surface area contributed by atoms with E-state index in [1.54, 1.807) is 0 Å². The Labute approximate surface area is 133 Å². The smallest absolute Gasteiger partial charge is 0.208 e. The number of nitrogens with one attached hydrogen (secondary N) is 1. The molecule has 1 aromatic heterocycles. The number of rotatable bonds is 4. The van der Waals surface area contributed by atoms with E-state index in [1.807, 2.05) is 6.20 Å². The van der Waals surface area contributed by atoms with Gasteiger partial charge in [0.25, 0.3) is 0 Å². The lowest BCUT2D eigenvalue weighted by atomic mass is 9.90. The van der Waals surface area contributed by atoms with Gasteiger partial charge in [0.05, 0.1) is 11.9 Å². The molecule has 0 bridgehead atoms. The van der Waals surface area contributed by atoms with Crippen molar-refractivity contribution < 1.29 is 8.42 Å². The summed E-state index contributed by atoms with van der Waals surface area (Å²) in [4.78, 5) is 7.01. The molecule has 0 atom stereocenters. The van der Waals surface area contributed by atoms with Crippen molar-refractivity contribution in [3.8, 4) is 0 Å². The lowest BCUT2D eigenvalue weighted by Crippen LogP contribution is -2.44. The highest BCUT2D eigenvalue weighted by Crippen LogP contribution is 2.24. The molecule has 0 saturated carbocycles. The monoisotopic (exact) mass is 323 g/mol. The highest BCUT2D eigenvalue weighted by molar-refractivity contribution is 7.88. The molecule has 0 radical (unpaired) electrons. The van der Waals surface area contributed by atoms with Gasteiger partial charge in [0.15, 0.2) is 0 Å². The molecule has 1 N–H and O–H groups in total. The largest absolute Gasteiger partial charge is 0.297 e. The maximum absolute atomic E-state index is 11.3. The van der Waals surface area contributed by atoms with Gasteiger partial charge < -0.3 is 0 Å². The number of likely N-dealkylation sites (tertiary alicyclic amines) is 1. The molecular weight excluding hydrogens is 298 g/mol. The van der Waals surface area contributed by atoms with Gasteiger partial charge in [0.2, 0.25) is 10.0 Å². The van der Waals surface area contributed by atoms with E-state index in [2.05, 4.69) is 20.7 Å². The fourth-order valence-corrected chi connectivity index (χ4v) is 4.44. The van der Waals surface area contributed by atoms with Crippen LogP contribution in [-0.2, 0) is 29.4 Å². The molecule has 1 aliphatic carbocycles. The first-order chi connectivity index (χ1) is 10.5. The summed E-state index contributed by atoms with van der Waals surface area (Å²) in [5.41, 5.74) is 4.17. The molecule has 3 rings (SSSR count). The van der Waals surface area contributed by atoms with Crippen molar-refractivity contribution in [2.45, 2.75) is 51.1 Å². The van der Waals surface area contributed by atoms with E-state index in [1.165, 1.54) is 42.3 Å². The Hall–Kier alpha value is -0.980. The van der Waals surface area contributed by atoms with Gasteiger partial charge in [0, 0.05) is 31.9 Å². The molecule has 0 unspecified atom stereocenters. The number of aryl methyl sites for hydroxylation is 1. The Morgan fingerprint density at radius 3 is 2.73 bits per heavy atom. The summed E-state index contributed by atoms with van der Waals surface area (Å²) in [5.74, 6) is 0. The Bertz CT molecular complexity index is 622. The molecule has 122 valence electrons. The number of pyridine rings is 1. The van der Waals surface area contributed by atoms with Crippen LogP contribution in [0.3, 0.4) is 0 Å². The summed E-state index contributed by atoms with van der Waals surface area (Å²) < 4.78 is 25.3. The Morgan fingerprint density at radius 2 is 2.00 bits per heavy atom. The number of aromatic nitrogens is 1. The number of nitrogens with zero attached hydrogens (tertiary/aromatic N) is 2. The summed E-state index contributed by atoms with van der Waals surface area (Å²) in [7, 11) is -3.09. The van der Waals surface area contributed by atoms with Crippen LogP contribution in [0.4, 0.5) is 0 Å². The minimum absolute atomic E-state index is 0.0869. The fraction of sp³-hybridized carbons (Fsp3) is 0.688. The van der Waals surface area contributed by atoms with Gasteiger partial charge in [-0.2, -0.15) is 0 Å². The topological polar surface area (TPSA) is 62.3 Å². The second-order valence-corrected chi connectivity index (χ2v) is 8.32. The minimum Gasteiger partial charge on any atom is -0.297 e. The van der Waals surface area contributed by atoms with Gasteiger partial charge >= 0.3 is 0 Å². The molecular formula is C16H25N3O2S. The maximum Gasteiger partial charge on any atom is 0.208 e.